The summed E-state index contributed by atoms with van der Waals surface area (Å²) in [6.07, 6.45) is 6.21. The van der Waals surface area contributed by atoms with Crippen LogP contribution in [-0.2, 0) is 50.7 Å². The van der Waals surface area contributed by atoms with Crippen LogP contribution in [0.5, 0.6) is 0 Å². The molecule has 0 aliphatic heterocycles. The van der Waals surface area contributed by atoms with E-state index < -0.39 is 23.9 Å². The first kappa shape index (κ1) is 48.2. The Morgan fingerprint density at radius 3 is 1.29 bits per heavy atom. The lowest BCUT2D eigenvalue weighted by atomic mass is 9.92. The van der Waals surface area contributed by atoms with Crippen LogP contribution in [0.1, 0.15) is 91.9 Å². The molecule has 4 unspecified atom stereocenters. The zero-order valence-electron chi connectivity index (χ0n) is 26.6. The summed E-state index contributed by atoms with van der Waals surface area (Å²) in [6.45, 7) is 6.90. The molecule has 0 aromatic heterocycles. The van der Waals surface area contributed by atoms with Crippen LogP contribution in [0.15, 0.2) is 0 Å². The van der Waals surface area contributed by atoms with Crippen LogP contribution in [0.3, 0.4) is 0 Å². The second-order valence-corrected chi connectivity index (χ2v) is 9.62. The van der Waals surface area contributed by atoms with E-state index in [0.717, 1.165) is 0 Å². The Balaban J connectivity index is -0.000000326. The molecule has 262 valence electrons. The molecule has 2 amide bonds. The SMILES string of the molecule is CCC(CCCC(CC)C(=O)NCC(=O)O)C(=O)NCOC=O.CCC(CCCC(CC)C(=O)O)C(=O)O.N=S.NCC(=O)O. The highest BCUT2D eigenvalue weighted by atomic mass is 32.1. The van der Waals surface area contributed by atoms with Gasteiger partial charge in [-0.25, -0.2) is 4.78 Å². The van der Waals surface area contributed by atoms with Gasteiger partial charge in [0.2, 0.25) is 11.8 Å². The van der Waals surface area contributed by atoms with Gasteiger partial charge in [-0.05, 0) is 51.4 Å². The molecule has 16 nitrogen and oxygen atoms in total. The highest BCUT2D eigenvalue weighted by Gasteiger charge is 2.20. The number of nitrogens with one attached hydrogen (secondary N) is 3. The number of ether oxygens (including phenoxy) is 1. The Kier molecular flexibility index (Phi) is 35.5. The van der Waals surface area contributed by atoms with E-state index in [9.17, 15) is 33.6 Å². The number of rotatable bonds is 22. The molecular weight excluding hydrogens is 616 g/mol. The quantitative estimate of drug-likeness (QED) is 0.0467. The van der Waals surface area contributed by atoms with Gasteiger partial charge in [-0.3, -0.25) is 33.6 Å². The summed E-state index contributed by atoms with van der Waals surface area (Å²) in [5, 5.41) is 38.6. The average molecular weight is 669 g/mol. The van der Waals surface area contributed by atoms with Gasteiger partial charge < -0.3 is 41.5 Å². The van der Waals surface area contributed by atoms with Gasteiger partial charge in [0.15, 0.2) is 6.73 Å². The summed E-state index contributed by atoms with van der Waals surface area (Å²) in [6, 6.07) is 0. The summed E-state index contributed by atoms with van der Waals surface area (Å²) in [7, 11) is 0. The molecular formula is C28H52N4O12S. The Morgan fingerprint density at radius 2 is 1.02 bits per heavy atom. The van der Waals surface area contributed by atoms with Crippen molar-refractivity contribution in [2.45, 2.75) is 91.9 Å². The molecule has 0 fully saturated rings. The summed E-state index contributed by atoms with van der Waals surface area (Å²) in [5.41, 5.74) is 4.57. The van der Waals surface area contributed by atoms with Crippen LogP contribution < -0.4 is 16.4 Å². The van der Waals surface area contributed by atoms with Crippen molar-refractivity contribution in [3.8, 4) is 0 Å². The van der Waals surface area contributed by atoms with Gasteiger partial charge in [-0.15, -0.1) is 0 Å². The molecule has 0 aromatic rings. The smallest absolute Gasteiger partial charge is 0.322 e. The maximum Gasteiger partial charge on any atom is 0.322 e. The van der Waals surface area contributed by atoms with Crippen LogP contribution in [-0.4, -0.2) is 82.4 Å². The van der Waals surface area contributed by atoms with Crippen LogP contribution in [0.25, 0.3) is 0 Å². The summed E-state index contributed by atoms with van der Waals surface area (Å²) in [5.74, 6) is -5.16. The lowest BCUT2D eigenvalue weighted by Gasteiger charge is -2.17. The number of carboxylic acid groups (broad SMARTS) is 4. The number of amides is 2. The molecule has 45 heavy (non-hydrogen) atoms. The fourth-order valence-corrected chi connectivity index (χ4v) is 3.87. The number of hydrogen-bond acceptors (Lipinski definition) is 11. The normalized spacial score (nSPS) is 12.3. The molecule has 0 rings (SSSR count). The Bertz CT molecular complexity index is 841. The topological polar surface area (TPSA) is 284 Å². The standard InChI is InChI=1S/C15H26N2O6.C11H20O4.C2H5NO2.HNS/c1-3-11(14(21)16-8-13(19)20)6-5-7-12(4-2)15(22)17-9-23-10-18;1-3-8(10(12)13)6-5-7-9(4-2)11(14)15;3-1-2(4)5;1-2/h10-12H,3-9H2,1-2H3,(H,16,21)(H,17,22)(H,19,20);8-9H,3-7H2,1-2H3,(H,12,13)(H,14,15);1,3H2,(H,4,5);1H. The number of hydrogen-bond donors (Lipinski definition) is 8. The fourth-order valence-electron chi connectivity index (χ4n) is 3.87. The summed E-state index contributed by atoms with van der Waals surface area (Å²) in [4.78, 5) is 74.8. The van der Waals surface area contributed by atoms with Crippen molar-refractivity contribution in [3.63, 3.8) is 0 Å². The van der Waals surface area contributed by atoms with Crippen molar-refractivity contribution in [2.75, 3.05) is 19.8 Å². The first-order chi connectivity index (χ1) is 21.2. The molecule has 0 aliphatic rings. The van der Waals surface area contributed by atoms with Crippen molar-refractivity contribution in [3.05, 3.63) is 0 Å². The van der Waals surface area contributed by atoms with Crippen LogP contribution in [0.2, 0.25) is 0 Å². The Labute approximate surface area is 269 Å². The predicted octanol–water partition coefficient (Wildman–Crippen LogP) is 2.36. The lowest BCUT2D eigenvalue weighted by molar-refractivity contribution is -0.142. The first-order valence-electron chi connectivity index (χ1n) is 14.7. The second-order valence-electron chi connectivity index (χ2n) is 9.62. The van der Waals surface area contributed by atoms with Crippen molar-refractivity contribution in [1.29, 1.82) is 4.78 Å². The van der Waals surface area contributed by atoms with Crippen LogP contribution in [0.4, 0.5) is 0 Å². The minimum Gasteiger partial charge on any atom is -0.481 e. The lowest BCUT2D eigenvalue weighted by Crippen LogP contribution is -2.35. The predicted molar refractivity (Wildman–Crippen MR) is 166 cm³/mol. The zero-order chi connectivity index (χ0) is 35.8. The van der Waals surface area contributed by atoms with E-state index in [2.05, 4.69) is 33.5 Å². The van der Waals surface area contributed by atoms with Gasteiger partial charge >= 0.3 is 23.9 Å². The monoisotopic (exact) mass is 668 g/mol. The molecule has 0 aliphatic carbocycles. The Morgan fingerprint density at radius 1 is 0.689 bits per heavy atom. The average Bonchev–Trinajstić information content (AvgIpc) is 3.01. The number of carbonyl (C=O) groups excluding carboxylic acids is 3. The largest absolute Gasteiger partial charge is 0.481 e. The van der Waals surface area contributed by atoms with Gasteiger partial charge in [0, 0.05) is 24.3 Å². The minimum absolute atomic E-state index is 0.145. The highest BCUT2D eigenvalue weighted by Crippen LogP contribution is 2.19. The van der Waals surface area contributed by atoms with E-state index in [1.807, 2.05) is 27.7 Å². The van der Waals surface area contributed by atoms with Crippen LogP contribution in [0, 0.1) is 28.5 Å². The molecule has 0 radical (unpaired) electrons. The minimum atomic E-state index is -1.08. The molecule has 0 spiro atoms. The van der Waals surface area contributed by atoms with E-state index in [4.69, 9.17) is 25.2 Å². The highest BCUT2D eigenvalue weighted by molar-refractivity contribution is 7.45. The second kappa shape index (κ2) is 33.2. The molecule has 0 saturated heterocycles. The van der Waals surface area contributed by atoms with Crippen molar-refractivity contribution >= 4 is 54.6 Å². The first-order valence-corrected chi connectivity index (χ1v) is 15.1. The summed E-state index contributed by atoms with van der Waals surface area (Å²) < 4.78 is 9.76. The van der Waals surface area contributed by atoms with Crippen molar-refractivity contribution in [2.24, 2.45) is 29.4 Å². The van der Waals surface area contributed by atoms with Gasteiger partial charge in [0.25, 0.3) is 6.47 Å². The molecule has 0 heterocycles. The summed E-state index contributed by atoms with van der Waals surface area (Å²) >= 11 is 3.33. The molecule has 0 aromatic carbocycles. The number of nitrogens with two attached hydrogens (primary N) is 1. The maximum absolute atomic E-state index is 11.9. The molecule has 4 atom stereocenters. The third-order valence-corrected chi connectivity index (χ3v) is 6.61. The number of aliphatic carboxylic acids is 4. The van der Waals surface area contributed by atoms with Gasteiger partial charge in [-0.1, -0.05) is 40.5 Å². The van der Waals surface area contributed by atoms with E-state index in [1.54, 1.807) is 0 Å². The van der Waals surface area contributed by atoms with E-state index >= 15 is 0 Å². The van der Waals surface area contributed by atoms with Crippen molar-refractivity contribution < 1.29 is 58.7 Å². The molecule has 17 heteroatoms. The molecule has 9 N–H and O–H groups in total. The van der Waals surface area contributed by atoms with E-state index in [1.165, 1.54) is 0 Å². The number of carboxylic acids is 4. The van der Waals surface area contributed by atoms with E-state index in [-0.39, 0.29) is 61.8 Å². The van der Waals surface area contributed by atoms with E-state index in [0.29, 0.717) is 64.2 Å². The number of carbonyl (C=O) groups is 7. The Hall–Kier alpha value is -3.73. The van der Waals surface area contributed by atoms with Gasteiger partial charge in [-0.2, -0.15) is 0 Å². The molecule has 0 saturated carbocycles. The van der Waals surface area contributed by atoms with Crippen molar-refractivity contribution in [1.82, 2.24) is 10.6 Å². The van der Waals surface area contributed by atoms with Gasteiger partial charge in [0.1, 0.15) is 6.54 Å². The van der Waals surface area contributed by atoms with Crippen LogP contribution >= 0.6 is 0 Å². The molecule has 0 bridgehead atoms. The maximum atomic E-state index is 11.9. The van der Waals surface area contributed by atoms with Gasteiger partial charge in [0.05, 0.1) is 18.4 Å². The third-order valence-electron chi connectivity index (χ3n) is 6.61. The zero-order valence-corrected chi connectivity index (χ0v) is 27.4. The fraction of sp³-hybridized carbons (Fsp3) is 0.750. The third kappa shape index (κ3) is 30.1.